The lowest BCUT2D eigenvalue weighted by Gasteiger charge is -2.13. The standard InChI is InChI=1S/C23H25N3O4/c1-26-15(11-24-10-12-5-6-12)7-14-8-17-13(9-18(14)26)3-2-4-16-20(17)25-22(28)19(21(16)27)23(29)30/h7-9,12,24H,2-6,10-11H2,1H3,(H,29,30)(H2,25,27,28). The lowest BCUT2D eigenvalue weighted by Crippen LogP contribution is -2.20. The van der Waals surface area contributed by atoms with E-state index in [1.807, 2.05) is 0 Å². The van der Waals surface area contributed by atoms with Crippen molar-refractivity contribution in [1.29, 1.82) is 0 Å². The van der Waals surface area contributed by atoms with Gasteiger partial charge in [-0.25, -0.2) is 4.79 Å². The van der Waals surface area contributed by atoms with E-state index in [0.717, 1.165) is 53.9 Å². The number of H-pyrrole nitrogens is 1. The molecule has 2 aromatic heterocycles. The lowest BCUT2D eigenvalue weighted by atomic mass is 9.98. The van der Waals surface area contributed by atoms with Crippen LogP contribution in [-0.4, -0.2) is 32.3 Å². The Kier molecular flexibility index (Phi) is 4.43. The number of aromatic amines is 1. The van der Waals surface area contributed by atoms with Crippen LogP contribution >= 0.6 is 0 Å². The maximum atomic E-state index is 12.4. The number of fused-ring (bicyclic) bond motifs is 4. The molecule has 4 N–H and O–H groups in total. The zero-order valence-electron chi connectivity index (χ0n) is 16.9. The Bertz CT molecular complexity index is 1230. The summed E-state index contributed by atoms with van der Waals surface area (Å²) in [6.07, 6.45) is 4.72. The summed E-state index contributed by atoms with van der Waals surface area (Å²) in [4.78, 5) is 26.5. The fraction of sp³-hybridized carbons (Fsp3) is 0.391. The zero-order chi connectivity index (χ0) is 21.0. The number of pyridine rings is 1. The van der Waals surface area contributed by atoms with Crippen LogP contribution in [0, 0.1) is 5.92 Å². The van der Waals surface area contributed by atoms with Crippen LogP contribution in [0.3, 0.4) is 0 Å². The average molecular weight is 407 g/mol. The molecule has 30 heavy (non-hydrogen) atoms. The summed E-state index contributed by atoms with van der Waals surface area (Å²) in [5.41, 5.74) is 3.98. The highest BCUT2D eigenvalue weighted by atomic mass is 16.4. The topological polar surface area (TPSA) is 107 Å². The summed E-state index contributed by atoms with van der Waals surface area (Å²) in [7, 11) is 2.07. The van der Waals surface area contributed by atoms with Crippen molar-refractivity contribution in [1.82, 2.24) is 14.9 Å². The summed E-state index contributed by atoms with van der Waals surface area (Å²) in [5, 5.41) is 24.4. The number of hydrogen-bond donors (Lipinski definition) is 4. The maximum Gasteiger partial charge on any atom is 0.345 e. The van der Waals surface area contributed by atoms with Gasteiger partial charge in [-0.2, -0.15) is 0 Å². The largest absolute Gasteiger partial charge is 0.506 e. The summed E-state index contributed by atoms with van der Waals surface area (Å²) in [6, 6.07) is 6.36. The Morgan fingerprint density at radius 1 is 1.27 bits per heavy atom. The lowest BCUT2D eigenvalue weighted by molar-refractivity contribution is 0.0691. The van der Waals surface area contributed by atoms with Crippen LogP contribution in [0.15, 0.2) is 23.0 Å². The van der Waals surface area contributed by atoms with Gasteiger partial charge in [0.05, 0.1) is 5.69 Å². The van der Waals surface area contributed by atoms with E-state index in [2.05, 4.69) is 40.1 Å². The summed E-state index contributed by atoms with van der Waals surface area (Å²) in [6.45, 7) is 1.86. The Morgan fingerprint density at radius 3 is 2.80 bits per heavy atom. The number of benzene rings is 1. The fourth-order valence-electron chi connectivity index (χ4n) is 4.58. The molecule has 1 fully saturated rings. The molecule has 7 heteroatoms. The molecule has 7 nitrogen and oxygen atoms in total. The number of rotatable bonds is 5. The number of carbonyl (C=O) groups is 1. The molecule has 0 aliphatic heterocycles. The van der Waals surface area contributed by atoms with Crippen molar-refractivity contribution >= 4 is 16.9 Å². The molecule has 156 valence electrons. The van der Waals surface area contributed by atoms with Gasteiger partial charge >= 0.3 is 5.97 Å². The second-order valence-corrected chi connectivity index (χ2v) is 8.53. The van der Waals surface area contributed by atoms with Gasteiger partial charge in [0.1, 0.15) is 5.75 Å². The van der Waals surface area contributed by atoms with Crippen molar-refractivity contribution in [2.75, 3.05) is 6.54 Å². The van der Waals surface area contributed by atoms with Crippen molar-refractivity contribution in [2.24, 2.45) is 13.0 Å². The molecular weight excluding hydrogens is 382 g/mol. The van der Waals surface area contributed by atoms with E-state index < -0.39 is 22.8 Å². The van der Waals surface area contributed by atoms with Gasteiger partial charge < -0.3 is 25.1 Å². The van der Waals surface area contributed by atoms with Gasteiger partial charge in [0.2, 0.25) is 0 Å². The first kappa shape index (κ1) is 18.9. The van der Waals surface area contributed by atoms with E-state index in [-0.39, 0.29) is 0 Å². The number of aromatic carboxylic acids is 1. The predicted octanol–water partition coefficient (Wildman–Crippen LogP) is 2.93. The maximum absolute atomic E-state index is 12.4. The summed E-state index contributed by atoms with van der Waals surface area (Å²) in [5.74, 6) is -0.998. The minimum absolute atomic E-state index is 0.410. The van der Waals surface area contributed by atoms with Crippen LogP contribution in [0.4, 0.5) is 0 Å². The quantitative estimate of drug-likeness (QED) is 0.520. The minimum Gasteiger partial charge on any atom is -0.506 e. The molecule has 2 aliphatic carbocycles. The first-order valence-corrected chi connectivity index (χ1v) is 10.5. The Labute approximate surface area is 173 Å². The highest BCUT2D eigenvalue weighted by Crippen LogP contribution is 2.38. The molecule has 2 aliphatic rings. The van der Waals surface area contributed by atoms with E-state index in [1.54, 1.807) is 0 Å². The minimum atomic E-state index is -1.41. The normalized spacial score (nSPS) is 15.6. The number of carboxylic acid groups (broad SMARTS) is 1. The van der Waals surface area contributed by atoms with Crippen LogP contribution < -0.4 is 10.9 Å². The molecule has 2 heterocycles. The van der Waals surface area contributed by atoms with Crippen molar-refractivity contribution < 1.29 is 15.0 Å². The predicted molar refractivity (Wildman–Crippen MR) is 114 cm³/mol. The van der Waals surface area contributed by atoms with Gasteiger partial charge in [0.25, 0.3) is 5.56 Å². The van der Waals surface area contributed by atoms with Gasteiger partial charge in [-0.1, -0.05) is 0 Å². The van der Waals surface area contributed by atoms with Crippen LogP contribution in [-0.2, 0) is 26.4 Å². The third-order valence-electron chi connectivity index (χ3n) is 6.45. The number of hydrogen-bond acceptors (Lipinski definition) is 4. The van der Waals surface area contributed by atoms with E-state index in [9.17, 15) is 19.8 Å². The molecule has 0 bridgehead atoms. The molecule has 0 spiro atoms. The van der Waals surface area contributed by atoms with Gasteiger partial charge in [-0.15, -0.1) is 0 Å². The SMILES string of the molecule is Cn1c(CNCC2CC2)cc2cc3c(cc21)CCCc1c-3[nH]c(=O)c(C(=O)O)c1O. The highest BCUT2D eigenvalue weighted by molar-refractivity contribution is 5.93. The third kappa shape index (κ3) is 3.10. The van der Waals surface area contributed by atoms with E-state index in [4.69, 9.17) is 0 Å². The molecule has 1 aromatic carbocycles. The molecule has 0 atom stereocenters. The molecule has 1 saturated carbocycles. The summed E-state index contributed by atoms with van der Waals surface area (Å²) >= 11 is 0. The van der Waals surface area contributed by atoms with Gasteiger partial charge in [-0.05, 0) is 68.3 Å². The van der Waals surface area contributed by atoms with Crippen molar-refractivity contribution in [3.8, 4) is 17.0 Å². The number of carboxylic acids is 1. The molecular formula is C23H25N3O4. The Morgan fingerprint density at radius 2 is 2.07 bits per heavy atom. The highest BCUT2D eigenvalue weighted by Gasteiger charge is 2.26. The van der Waals surface area contributed by atoms with Crippen LogP contribution in [0.5, 0.6) is 5.75 Å². The van der Waals surface area contributed by atoms with Crippen molar-refractivity contribution in [3.05, 3.63) is 50.9 Å². The van der Waals surface area contributed by atoms with E-state index >= 15 is 0 Å². The number of aryl methyl sites for hydroxylation is 2. The van der Waals surface area contributed by atoms with Gasteiger partial charge in [0.15, 0.2) is 5.56 Å². The first-order chi connectivity index (χ1) is 14.4. The second-order valence-electron chi connectivity index (χ2n) is 8.53. The third-order valence-corrected chi connectivity index (χ3v) is 6.45. The number of nitrogens with zero attached hydrogens (tertiary/aromatic N) is 1. The average Bonchev–Trinajstić information content (AvgIpc) is 3.49. The smallest absolute Gasteiger partial charge is 0.345 e. The van der Waals surface area contributed by atoms with Crippen LogP contribution in [0.25, 0.3) is 22.2 Å². The van der Waals surface area contributed by atoms with Gasteiger partial charge in [0, 0.05) is 41.3 Å². The van der Waals surface area contributed by atoms with Crippen molar-refractivity contribution in [2.45, 2.75) is 38.6 Å². The number of aromatic nitrogens is 2. The number of nitrogens with one attached hydrogen (secondary N) is 2. The van der Waals surface area contributed by atoms with Crippen LogP contribution in [0.1, 0.15) is 46.4 Å². The summed E-state index contributed by atoms with van der Waals surface area (Å²) < 4.78 is 2.20. The second kappa shape index (κ2) is 7.02. The van der Waals surface area contributed by atoms with Crippen LogP contribution in [0.2, 0.25) is 0 Å². The molecule has 0 amide bonds. The number of aromatic hydroxyl groups is 1. The molecule has 0 saturated heterocycles. The molecule has 3 aromatic rings. The van der Waals surface area contributed by atoms with Crippen molar-refractivity contribution in [3.63, 3.8) is 0 Å². The molecule has 5 rings (SSSR count). The Hall–Kier alpha value is -3.06. The Balaban J connectivity index is 1.61. The first-order valence-electron chi connectivity index (χ1n) is 10.5. The van der Waals surface area contributed by atoms with E-state index in [1.165, 1.54) is 18.5 Å². The zero-order valence-corrected chi connectivity index (χ0v) is 16.9. The fourth-order valence-corrected chi connectivity index (χ4v) is 4.58. The van der Waals surface area contributed by atoms with E-state index in [0.29, 0.717) is 17.7 Å². The molecule has 0 unspecified atom stereocenters. The molecule has 0 radical (unpaired) electrons. The monoisotopic (exact) mass is 407 g/mol. The van der Waals surface area contributed by atoms with Gasteiger partial charge in [-0.3, -0.25) is 4.79 Å².